The SMILES string of the molecule is CC(C)Cn1nnnc1SCC(=O)Nc1ccc(N=Nc2ccccc2)cc1. The predicted molar refractivity (Wildman–Crippen MR) is 109 cm³/mol. The maximum absolute atomic E-state index is 12.2. The fraction of sp³-hybridized carbons (Fsp3) is 0.263. The highest BCUT2D eigenvalue weighted by Gasteiger charge is 2.11. The normalized spacial score (nSPS) is 11.2. The second-order valence-electron chi connectivity index (χ2n) is 6.46. The van der Waals surface area contributed by atoms with E-state index in [-0.39, 0.29) is 11.7 Å². The number of aromatic nitrogens is 4. The van der Waals surface area contributed by atoms with Crippen LogP contribution in [0, 0.1) is 5.92 Å². The lowest BCUT2D eigenvalue weighted by atomic mass is 10.2. The van der Waals surface area contributed by atoms with Gasteiger partial charge in [-0.1, -0.05) is 43.8 Å². The Morgan fingerprint density at radius 1 is 1.07 bits per heavy atom. The fourth-order valence-electron chi connectivity index (χ4n) is 2.31. The third-order valence-electron chi connectivity index (χ3n) is 3.56. The van der Waals surface area contributed by atoms with Gasteiger partial charge in [0, 0.05) is 12.2 Å². The molecule has 3 rings (SSSR count). The molecule has 0 radical (unpaired) electrons. The lowest BCUT2D eigenvalue weighted by Crippen LogP contribution is -2.15. The van der Waals surface area contributed by atoms with E-state index in [0.717, 1.165) is 12.2 Å². The minimum absolute atomic E-state index is 0.122. The number of hydrogen-bond acceptors (Lipinski definition) is 7. The zero-order chi connectivity index (χ0) is 19.8. The zero-order valence-corrected chi connectivity index (χ0v) is 16.5. The molecule has 2 aromatic carbocycles. The fourth-order valence-corrected chi connectivity index (χ4v) is 3.00. The number of hydrogen-bond donors (Lipinski definition) is 1. The van der Waals surface area contributed by atoms with Crippen LogP contribution >= 0.6 is 11.8 Å². The number of carbonyl (C=O) groups is 1. The van der Waals surface area contributed by atoms with Crippen molar-refractivity contribution in [3.8, 4) is 0 Å². The molecule has 0 fully saturated rings. The molecule has 9 heteroatoms. The van der Waals surface area contributed by atoms with Crippen molar-refractivity contribution >= 4 is 34.7 Å². The standard InChI is InChI=1S/C19H21N7OS/c1-14(2)12-26-19(23-24-25-26)28-13-18(27)20-15-8-10-17(11-9-15)22-21-16-6-4-3-5-7-16/h3-11,14H,12-13H2,1-2H3,(H,20,27). The molecule has 1 N–H and O–H groups in total. The minimum Gasteiger partial charge on any atom is -0.325 e. The second-order valence-corrected chi connectivity index (χ2v) is 7.40. The van der Waals surface area contributed by atoms with Crippen LogP contribution in [0.5, 0.6) is 0 Å². The van der Waals surface area contributed by atoms with Gasteiger partial charge in [0.2, 0.25) is 11.1 Å². The minimum atomic E-state index is -0.122. The van der Waals surface area contributed by atoms with E-state index in [2.05, 4.69) is 44.9 Å². The molecule has 1 amide bonds. The van der Waals surface area contributed by atoms with E-state index in [1.54, 1.807) is 28.9 Å². The third kappa shape index (κ3) is 5.98. The van der Waals surface area contributed by atoms with Gasteiger partial charge in [-0.15, -0.1) is 5.10 Å². The molecule has 0 saturated carbocycles. The second kappa shape index (κ2) is 9.75. The van der Waals surface area contributed by atoms with E-state index in [1.165, 1.54) is 11.8 Å². The van der Waals surface area contributed by atoms with Crippen molar-refractivity contribution in [3.63, 3.8) is 0 Å². The number of rotatable bonds is 8. The van der Waals surface area contributed by atoms with E-state index >= 15 is 0 Å². The molecule has 0 bridgehead atoms. The molecule has 8 nitrogen and oxygen atoms in total. The molecule has 0 atom stereocenters. The van der Waals surface area contributed by atoms with Crippen molar-refractivity contribution < 1.29 is 4.79 Å². The molecule has 3 aromatic rings. The first-order chi connectivity index (χ1) is 13.6. The maximum atomic E-state index is 12.2. The molecule has 1 heterocycles. The number of carbonyl (C=O) groups excluding carboxylic acids is 1. The van der Waals surface area contributed by atoms with E-state index in [0.29, 0.717) is 22.4 Å². The van der Waals surface area contributed by atoms with Gasteiger partial charge < -0.3 is 5.32 Å². The summed E-state index contributed by atoms with van der Waals surface area (Å²) in [4.78, 5) is 12.2. The highest BCUT2D eigenvalue weighted by Crippen LogP contribution is 2.21. The van der Waals surface area contributed by atoms with Gasteiger partial charge in [0.25, 0.3) is 0 Å². The maximum Gasteiger partial charge on any atom is 0.234 e. The number of nitrogens with one attached hydrogen (secondary N) is 1. The van der Waals surface area contributed by atoms with Crippen LogP contribution in [0.2, 0.25) is 0 Å². The molecule has 0 spiro atoms. The lowest BCUT2D eigenvalue weighted by Gasteiger charge is -2.07. The van der Waals surface area contributed by atoms with Gasteiger partial charge in [-0.25, -0.2) is 4.68 Å². The Morgan fingerprint density at radius 3 is 2.43 bits per heavy atom. The molecular formula is C19H21N7OS. The summed E-state index contributed by atoms with van der Waals surface area (Å²) >= 11 is 1.31. The summed E-state index contributed by atoms with van der Waals surface area (Å²) in [6.45, 7) is 4.90. The quantitative estimate of drug-likeness (QED) is 0.448. The smallest absolute Gasteiger partial charge is 0.234 e. The van der Waals surface area contributed by atoms with Gasteiger partial charge in [-0.3, -0.25) is 4.79 Å². The summed E-state index contributed by atoms with van der Waals surface area (Å²) < 4.78 is 1.72. The Labute approximate surface area is 167 Å². The van der Waals surface area contributed by atoms with Crippen LogP contribution in [-0.4, -0.2) is 31.9 Å². The van der Waals surface area contributed by atoms with Crippen LogP contribution in [-0.2, 0) is 11.3 Å². The van der Waals surface area contributed by atoms with E-state index < -0.39 is 0 Å². The van der Waals surface area contributed by atoms with E-state index in [4.69, 9.17) is 0 Å². The number of benzene rings is 2. The number of nitrogens with zero attached hydrogens (tertiary/aromatic N) is 6. The highest BCUT2D eigenvalue weighted by atomic mass is 32.2. The first-order valence-corrected chi connectivity index (χ1v) is 9.84. The summed E-state index contributed by atoms with van der Waals surface area (Å²) in [5, 5.41) is 23.4. The van der Waals surface area contributed by atoms with Crippen LogP contribution in [0.1, 0.15) is 13.8 Å². The molecule has 0 unspecified atom stereocenters. The summed E-state index contributed by atoms with van der Waals surface area (Å²) in [7, 11) is 0. The zero-order valence-electron chi connectivity index (χ0n) is 15.7. The van der Waals surface area contributed by atoms with Crippen molar-refractivity contribution in [2.24, 2.45) is 16.1 Å². The lowest BCUT2D eigenvalue weighted by molar-refractivity contribution is -0.113. The van der Waals surface area contributed by atoms with Crippen LogP contribution in [0.3, 0.4) is 0 Å². The summed E-state index contributed by atoms with van der Waals surface area (Å²) in [6.07, 6.45) is 0. The molecule has 0 aliphatic carbocycles. The summed E-state index contributed by atoms with van der Waals surface area (Å²) in [5.41, 5.74) is 2.20. The average Bonchev–Trinajstić information content (AvgIpc) is 3.13. The number of thioether (sulfide) groups is 1. The topological polar surface area (TPSA) is 97.4 Å². The van der Waals surface area contributed by atoms with Crippen molar-refractivity contribution in [2.75, 3.05) is 11.1 Å². The first kappa shape index (κ1) is 19.7. The van der Waals surface area contributed by atoms with Gasteiger partial charge in [-0.05, 0) is 52.7 Å². The van der Waals surface area contributed by atoms with Crippen LogP contribution < -0.4 is 5.32 Å². The molecule has 144 valence electrons. The molecule has 28 heavy (non-hydrogen) atoms. The Morgan fingerprint density at radius 2 is 1.75 bits per heavy atom. The van der Waals surface area contributed by atoms with E-state index in [1.807, 2.05) is 30.3 Å². The molecular weight excluding hydrogens is 374 g/mol. The Hall–Kier alpha value is -3.07. The van der Waals surface area contributed by atoms with Gasteiger partial charge in [0.15, 0.2) is 0 Å². The van der Waals surface area contributed by atoms with Crippen molar-refractivity contribution in [2.45, 2.75) is 25.5 Å². The molecule has 0 aliphatic rings. The number of anilines is 1. The molecule has 0 aliphatic heterocycles. The average molecular weight is 395 g/mol. The highest BCUT2D eigenvalue weighted by molar-refractivity contribution is 7.99. The number of amides is 1. The van der Waals surface area contributed by atoms with Crippen molar-refractivity contribution in [3.05, 3.63) is 54.6 Å². The Bertz CT molecular complexity index is 923. The Kier molecular flexibility index (Phi) is 6.85. The molecule has 1 aromatic heterocycles. The van der Waals surface area contributed by atoms with Crippen molar-refractivity contribution in [1.82, 2.24) is 20.2 Å². The van der Waals surface area contributed by atoms with Gasteiger partial charge >= 0.3 is 0 Å². The number of tetrazole rings is 1. The first-order valence-electron chi connectivity index (χ1n) is 8.86. The van der Waals surface area contributed by atoms with E-state index in [9.17, 15) is 4.79 Å². The van der Waals surface area contributed by atoms with Crippen molar-refractivity contribution in [1.29, 1.82) is 0 Å². The largest absolute Gasteiger partial charge is 0.325 e. The monoisotopic (exact) mass is 395 g/mol. The third-order valence-corrected chi connectivity index (χ3v) is 4.51. The van der Waals surface area contributed by atoms with Gasteiger partial charge in [0.05, 0.1) is 17.1 Å². The summed E-state index contributed by atoms with van der Waals surface area (Å²) in [6, 6.07) is 16.7. The van der Waals surface area contributed by atoms with Crippen LogP contribution in [0.25, 0.3) is 0 Å². The Balaban J connectivity index is 1.51. The summed E-state index contributed by atoms with van der Waals surface area (Å²) in [5.74, 6) is 0.533. The van der Waals surface area contributed by atoms with Crippen LogP contribution in [0.15, 0.2) is 70.0 Å². The van der Waals surface area contributed by atoms with Gasteiger partial charge in [0.1, 0.15) is 0 Å². The number of azo groups is 1. The predicted octanol–water partition coefficient (Wildman–Crippen LogP) is 4.48. The molecule has 0 saturated heterocycles. The van der Waals surface area contributed by atoms with Gasteiger partial charge in [-0.2, -0.15) is 10.2 Å². The van der Waals surface area contributed by atoms with Crippen LogP contribution in [0.4, 0.5) is 17.1 Å².